The van der Waals surface area contributed by atoms with Gasteiger partial charge in [-0.25, -0.2) is 14.4 Å². The van der Waals surface area contributed by atoms with Crippen LogP contribution in [0.3, 0.4) is 0 Å². The smallest absolute Gasteiger partial charge is 0.188 e. The number of rotatable bonds is 6. The summed E-state index contributed by atoms with van der Waals surface area (Å²) in [7, 11) is 0. The van der Waals surface area contributed by atoms with E-state index in [2.05, 4.69) is 32.3 Å². The Kier molecular flexibility index (Phi) is 7.26. The highest BCUT2D eigenvalue weighted by atomic mass is 32.1. The van der Waals surface area contributed by atoms with Crippen molar-refractivity contribution in [2.24, 2.45) is 5.92 Å². The lowest BCUT2D eigenvalue weighted by Crippen LogP contribution is -2.42. The molecule has 2 saturated heterocycles. The fourth-order valence-corrected chi connectivity index (χ4v) is 5.43. The Labute approximate surface area is 197 Å². The summed E-state index contributed by atoms with van der Waals surface area (Å²) in [5, 5.41) is 4.09. The minimum Gasteiger partial charge on any atom is -0.381 e. The Morgan fingerprint density at radius 2 is 1.91 bits per heavy atom. The van der Waals surface area contributed by atoms with Crippen LogP contribution in [0.1, 0.15) is 18.4 Å². The molecule has 0 amide bonds. The summed E-state index contributed by atoms with van der Waals surface area (Å²) < 4.78 is 24.7. The van der Waals surface area contributed by atoms with Crippen LogP contribution in [-0.4, -0.2) is 60.4 Å². The quantitative estimate of drug-likeness (QED) is 0.563. The zero-order chi connectivity index (χ0) is 22.5. The van der Waals surface area contributed by atoms with E-state index >= 15 is 0 Å². The van der Waals surface area contributed by atoms with Crippen LogP contribution in [0, 0.1) is 11.7 Å². The molecular formula is C25H29FN4O2S. The SMILES string of the molecule is Fc1ccc(-c2cnc(Nc3cc(CC4COCCN(C5CCOCC5)C4)ccn3)s2)cc1. The zero-order valence-corrected chi connectivity index (χ0v) is 19.4. The lowest BCUT2D eigenvalue weighted by molar-refractivity contribution is 0.0308. The molecule has 2 aliphatic rings. The van der Waals surface area contributed by atoms with Crippen molar-refractivity contribution in [3.63, 3.8) is 0 Å². The summed E-state index contributed by atoms with van der Waals surface area (Å²) >= 11 is 1.53. The Bertz CT molecular complexity index is 1040. The fourth-order valence-electron chi connectivity index (χ4n) is 4.60. The highest BCUT2D eigenvalue weighted by Crippen LogP contribution is 2.30. The maximum Gasteiger partial charge on any atom is 0.188 e. The van der Waals surface area contributed by atoms with Crippen LogP contribution in [0.4, 0.5) is 15.3 Å². The highest BCUT2D eigenvalue weighted by molar-refractivity contribution is 7.18. The first kappa shape index (κ1) is 22.4. The fraction of sp³-hybridized carbons (Fsp3) is 0.440. The van der Waals surface area contributed by atoms with Gasteiger partial charge in [0.2, 0.25) is 0 Å². The summed E-state index contributed by atoms with van der Waals surface area (Å²) in [6.45, 7) is 5.39. The van der Waals surface area contributed by atoms with Crippen LogP contribution in [0.5, 0.6) is 0 Å². The number of ether oxygens (including phenoxy) is 2. The third-order valence-electron chi connectivity index (χ3n) is 6.29. The maximum absolute atomic E-state index is 13.2. The Hall–Kier alpha value is -2.39. The number of hydrogen-bond acceptors (Lipinski definition) is 7. The molecular weight excluding hydrogens is 439 g/mol. The first-order valence-electron chi connectivity index (χ1n) is 11.6. The van der Waals surface area contributed by atoms with E-state index < -0.39 is 0 Å². The van der Waals surface area contributed by atoms with Crippen LogP contribution in [0.15, 0.2) is 48.8 Å². The normalized spacial score (nSPS) is 20.5. The van der Waals surface area contributed by atoms with Gasteiger partial charge in [-0.05, 0) is 60.6 Å². The lowest BCUT2D eigenvalue weighted by Gasteiger charge is -2.34. The Morgan fingerprint density at radius 1 is 1.06 bits per heavy atom. The molecule has 174 valence electrons. The van der Waals surface area contributed by atoms with Crippen molar-refractivity contribution in [3.05, 3.63) is 60.2 Å². The number of hydrogen-bond donors (Lipinski definition) is 1. The minimum absolute atomic E-state index is 0.238. The Morgan fingerprint density at radius 3 is 2.76 bits per heavy atom. The molecule has 0 radical (unpaired) electrons. The van der Waals surface area contributed by atoms with E-state index in [0.29, 0.717) is 12.0 Å². The molecule has 1 N–H and O–H groups in total. The van der Waals surface area contributed by atoms with E-state index in [0.717, 1.165) is 80.2 Å². The van der Waals surface area contributed by atoms with Crippen molar-refractivity contribution < 1.29 is 13.9 Å². The molecule has 33 heavy (non-hydrogen) atoms. The summed E-state index contributed by atoms with van der Waals surface area (Å²) in [5.74, 6) is 0.997. The summed E-state index contributed by atoms with van der Waals surface area (Å²) in [6, 6.07) is 11.3. The first-order valence-corrected chi connectivity index (χ1v) is 12.4. The van der Waals surface area contributed by atoms with Gasteiger partial charge in [-0.2, -0.15) is 0 Å². The molecule has 0 spiro atoms. The number of pyridine rings is 1. The maximum atomic E-state index is 13.2. The second-order valence-electron chi connectivity index (χ2n) is 8.69. The highest BCUT2D eigenvalue weighted by Gasteiger charge is 2.26. The number of nitrogens with one attached hydrogen (secondary N) is 1. The van der Waals surface area contributed by atoms with Crippen LogP contribution in [-0.2, 0) is 15.9 Å². The van der Waals surface area contributed by atoms with E-state index in [1.54, 1.807) is 18.3 Å². The van der Waals surface area contributed by atoms with E-state index in [4.69, 9.17) is 9.47 Å². The molecule has 0 saturated carbocycles. The van der Waals surface area contributed by atoms with Gasteiger partial charge in [0.05, 0.1) is 18.1 Å². The van der Waals surface area contributed by atoms with Crippen molar-refractivity contribution in [1.82, 2.24) is 14.9 Å². The molecule has 2 aliphatic heterocycles. The van der Waals surface area contributed by atoms with E-state index in [1.807, 2.05) is 6.20 Å². The standard InChI is InChI=1S/C25H29FN4O2S/c26-21-3-1-20(2-4-21)23-15-28-25(33-23)29-24-14-18(5-8-27-24)13-19-16-30(9-12-32-17-19)22-6-10-31-11-7-22/h1-5,8,14-15,19,22H,6-7,9-13,16-17H2,(H,27,28,29). The van der Waals surface area contributed by atoms with Crippen molar-refractivity contribution >= 4 is 22.3 Å². The minimum atomic E-state index is -0.238. The zero-order valence-electron chi connectivity index (χ0n) is 18.6. The second kappa shape index (κ2) is 10.7. The summed E-state index contributed by atoms with van der Waals surface area (Å²) in [6.07, 6.45) is 6.83. The van der Waals surface area contributed by atoms with Crippen molar-refractivity contribution in [2.75, 3.05) is 44.8 Å². The molecule has 5 rings (SSSR count). The summed E-state index contributed by atoms with van der Waals surface area (Å²) in [4.78, 5) is 12.5. The number of nitrogens with zero attached hydrogens (tertiary/aromatic N) is 3. The molecule has 4 heterocycles. The molecule has 1 atom stereocenters. The van der Waals surface area contributed by atoms with Gasteiger partial charge < -0.3 is 14.8 Å². The second-order valence-corrected chi connectivity index (χ2v) is 9.73. The largest absolute Gasteiger partial charge is 0.381 e. The molecule has 1 aromatic carbocycles. The van der Waals surface area contributed by atoms with Crippen molar-refractivity contribution in [2.45, 2.75) is 25.3 Å². The van der Waals surface area contributed by atoms with Gasteiger partial charge in [-0.1, -0.05) is 23.5 Å². The van der Waals surface area contributed by atoms with Crippen LogP contribution in [0.25, 0.3) is 10.4 Å². The van der Waals surface area contributed by atoms with Crippen molar-refractivity contribution in [1.29, 1.82) is 0 Å². The molecule has 6 nitrogen and oxygen atoms in total. The van der Waals surface area contributed by atoms with Crippen LogP contribution in [0.2, 0.25) is 0 Å². The molecule has 8 heteroatoms. The molecule has 2 fully saturated rings. The van der Waals surface area contributed by atoms with Gasteiger partial charge in [0.15, 0.2) is 5.13 Å². The third-order valence-corrected chi connectivity index (χ3v) is 7.26. The number of benzene rings is 1. The molecule has 1 unspecified atom stereocenters. The van der Waals surface area contributed by atoms with Crippen LogP contribution < -0.4 is 5.32 Å². The number of anilines is 2. The molecule has 3 aromatic rings. The first-order chi connectivity index (χ1) is 16.2. The van der Waals surface area contributed by atoms with Gasteiger partial charge >= 0.3 is 0 Å². The predicted molar refractivity (Wildman–Crippen MR) is 128 cm³/mol. The van der Waals surface area contributed by atoms with Gasteiger partial charge in [-0.3, -0.25) is 4.90 Å². The molecule has 0 aliphatic carbocycles. The average Bonchev–Trinajstić information content (AvgIpc) is 3.17. The van der Waals surface area contributed by atoms with Gasteiger partial charge in [0.1, 0.15) is 11.6 Å². The van der Waals surface area contributed by atoms with Crippen molar-refractivity contribution in [3.8, 4) is 10.4 Å². The third kappa shape index (κ3) is 5.95. The predicted octanol–water partition coefficient (Wildman–Crippen LogP) is 4.76. The number of halogens is 1. The van der Waals surface area contributed by atoms with Gasteiger partial charge in [-0.15, -0.1) is 0 Å². The van der Waals surface area contributed by atoms with Crippen LogP contribution >= 0.6 is 11.3 Å². The van der Waals surface area contributed by atoms with E-state index in [-0.39, 0.29) is 5.82 Å². The monoisotopic (exact) mass is 468 g/mol. The van der Waals surface area contributed by atoms with Gasteiger partial charge in [0.25, 0.3) is 0 Å². The Balaban J connectivity index is 1.22. The van der Waals surface area contributed by atoms with E-state index in [9.17, 15) is 4.39 Å². The van der Waals surface area contributed by atoms with E-state index in [1.165, 1.54) is 29.0 Å². The molecule has 2 aromatic heterocycles. The summed E-state index contributed by atoms with van der Waals surface area (Å²) in [5.41, 5.74) is 2.19. The number of aromatic nitrogens is 2. The average molecular weight is 469 g/mol. The van der Waals surface area contributed by atoms with Gasteiger partial charge in [0, 0.05) is 44.7 Å². The molecule has 0 bridgehead atoms. The number of thiazole rings is 1. The topological polar surface area (TPSA) is 59.5 Å². The lowest BCUT2D eigenvalue weighted by atomic mass is 9.98.